The number of fused-ring (bicyclic) bond motifs is 2. The molecule has 40 heavy (non-hydrogen) atoms. The number of anilines is 1. The number of rotatable bonds is 7. The second-order valence-electron chi connectivity index (χ2n) is 10.0. The van der Waals surface area contributed by atoms with E-state index in [1.807, 2.05) is 12.1 Å². The number of ether oxygens (including phenoxy) is 2. The van der Waals surface area contributed by atoms with Crippen molar-refractivity contribution in [1.29, 1.82) is 0 Å². The summed E-state index contributed by atoms with van der Waals surface area (Å²) in [6.07, 6.45) is 5.04. The summed E-state index contributed by atoms with van der Waals surface area (Å²) in [6, 6.07) is 7.28. The van der Waals surface area contributed by atoms with Crippen LogP contribution in [0.15, 0.2) is 43.1 Å². The maximum atomic E-state index is 14.6. The number of carbonyl (C=O) groups excluding carboxylic acids is 1. The molecule has 2 aromatic heterocycles. The summed E-state index contributed by atoms with van der Waals surface area (Å²) >= 11 is 6.35. The molecule has 208 valence electrons. The number of hydrogen-bond donors (Lipinski definition) is 1. The van der Waals surface area contributed by atoms with Crippen molar-refractivity contribution in [3.05, 3.63) is 54.0 Å². The molecule has 0 radical (unpaired) electrons. The van der Waals surface area contributed by atoms with E-state index in [0.29, 0.717) is 60.8 Å². The molecule has 2 aliphatic rings. The van der Waals surface area contributed by atoms with Crippen molar-refractivity contribution in [2.24, 2.45) is 0 Å². The third-order valence-electron chi connectivity index (χ3n) is 7.60. The average Bonchev–Trinajstić information content (AvgIpc) is 3.62. The highest BCUT2D eigenvalue weighted by Crippen LogP contribution is 2.41. The molecule has 4 heterocycles. The molecule has 10 nitrogen and oxygen atoms in total. The first-order valence-corrected chi connectivity index (χ1v) is 13.6. The number of hydrogen-bond acceptors (Lipinski definition) is 8. The highest BCUT2D eigenvalue weighted by molar-refractivity contribution is 6.33. The molecule has 2 saturated heterocycles. The van der Waals surface area contributed by atoms with E-state index in [1.165, 1.54) is 18.3 Å². The van der Waals surface area contributed by atoms with Crippen LogP contribution in [0.5, 0.6) is 17.5 Å². The molecule has 2 aromatic carbocycles. The molecule has 0 aliphatic carbocycles. The first-order chi connectivity index (χ1) is 19.4. The number of aromatic nitrogens is 4. The zero-order valence-electron chi connectivity index (χ0n) is 22.1. The second-order valence-corrected chi connectivity index (χ2v) is 10.4. The number of para-hydroxylation sites is 1. The van der Waals surface area contributed by atoms with Crippen LogP contribution < -0.4 is 14.4 Å². The Labute approximate surface area is 235 Å². The number of halogens is 2. The van der Waals surface area contributed by atoms with Gasteiger partial charge in [0.2, 0.25) is 5.91 Å². The van der Waals surface area contributed by atoms with Gasteiger partial charge in [-0.15, -0.1) is 0 Å². The van der Waals surface area contributed by atoms with Gasteiger partial charge < -0.3 is 24.2 Å². The first-order valence-electron chi connectivity index (χ1n) is 13.2. The fraction of sp³-hybridized carbons (Fsp3) is 0.357. The summed E-state index contributed by atoms with van der Waals surface area (Å²) in [6.45, 7) is 7.30. The minimum atomic E-state index is -0.624. The van der Waals surface area contributed by atoms with Crippen molar-refractivity contribution < 1.29 is 18.7 Å². The van der Waals surface area contributed by atoms with E-state index >= 15 is 0 Å². The summed E-state index contributed by atoms with van der Waals surface area (Å²) < 4.78 is 27.0. The molecular weight excluding hydrogens is 537 g/mol. The largest absolute Gasteiger partial charge is 0.462 e. The molecule has 1 N–H and O–H groups in total. The van der Waals surface area contributed by atoms with Crippen LogP contribution in [0.1, 0.15) is 12.8 Å². The molecule has 4 aromatic rings. The summed E-state index contributed by atoms with van der Waals surface area (Å²) in [5.74, 6) is 0.476. The lowest BCUT2D eigenvalue weighted by atomic mass is 10.2. The highest BCUT2D eigenvalue weighted by atomic mass is 35.5. The second kappa shape index (κ2) is 10.9. The molecule has 6 rings (SSSR count). The predicted octanol–water partition coefficient (Wildman–Crippen LogP) is 4.40. The lowest BCUT2D eigenvalue weighted by molar-refractivity contribution is -0.126. The van der Waals surface area contributed by atoms with E-state index in [-0.39, 0.29) is 28.7 Å². The van der Waals surface area contributed by atoms with Crippen LogP contribution in [-0.4, -0.2) is 88.3 Å². The number of nitrogens with zero attached hydrogens (tertiary/aromatic N) is 6. The molecule has 0 bridgehead atoms. The smallest absolute Gasteiger partial charge is 0.319 e. The van der Waals surface area contributed by atoms with E-state index in [9.17, 15) is 9.18 Å². The number of aromatic amines is 1. The fourth-order valence-electron chi connectivity index (χ4n) is 5.32. The van der Waals surface area contributed by atoms with Gasteiger partial charge in [0.05, 0.1) is 17.1 Å². The van der Waals surface area contributed by atoms with Crippen molar-refractivity contribution in [2.75, 3.05) is 51.3 Å². The number of carbonyl (C=O) groups is 1. The van der Waals surface area contributed by atoms with Crippen molar-refractivity contribution in [3.8, 4) is 17.5 Å². The van der Waals surface area contributed by atoms with Gasteiger partial charge >= 0.3 is 6.01 Å². The number of benzene rings is 2. The Morgan fingerprint density at radius 1 is 1.23 bits per heavy atom. The first kappa shape index (κ1) is 26.3. The summed E-state index contributed by atoms with van der Waals surface area (Å²) in [5, 5.41) is 7.90. The number of nitrogens with one attached hydrogen (secondary N) is 1. The van der Waals surface area contributed by atoms with Crippen molar-refractivity contribution in [1.82, 2.24) is 30.0 Å². The maximum absolute atomic E-state index is 14.6. The maximum Gasteiger partial charge on any atom is 0.319 e. The van der Waals surface area contributed by atoms with Gasteiger partial charge in [0.15, 0.2) is 11.5 Å². The Kier molecular flexibility index (Phi) is 7.16. The van der Waals surface area contributed by atoms with Crippen LogP contribution in [0.3, 0.4) is 0 Å². The lowest BCUT2D eigenvalue weighted by Crippen LogP contribution is -2.48. The van der Waals surface area contributed by atoms with Gasteiger partial charge in [0.1, 0.15) is 28.8 Å². The molecular formula is C28H29ClFN7O3. The highest BCUT2D eigenvalue weighted by Gasteiger charge is 2.26. The third-order valence-corrected chi connectivity index (χ3v) is 7.95. The Bertz CT molecular complexity index is 1590. The van der Waals surface area contributed by atoms with Crippen molar-refractivity contribution >= 4 is 45.1 Å². The molecule has 0 unspecified atom stereocenters. The summed E-state index contributed by atoms with van der Waals surface area (Å²) in [7, 11) is 2.09. The van der Waals surface area contributed by atoms with E-state index in [1.54, 1.807) is 11.0 Å². The van der Waals surface area contributed by atoms with E-state index < -0.39 is 5.82 Å². The quantitative estimate of drug-likeness (QED) is 0.329. The van der Waals surface area contributed by atoms with Crippen molar-refractivity contribution in [3.63, 3.8) is 0 Å². The van der Waals surface area contributed by atoms with Gasteiger partial charge in [-0.2, -0.15) is 15.1 Å². The number of piperazine rings is 1. The van der Waals surface area contributed by atoms with Gasteiger partial charge in [0, 0.05) is 43.7 Å². The Balaban J connectivity index is 1.40. The third kappa shape index (κ3) is 4.90. The van der Waals surface area contributed by atoms with Crippen LogP contribution in [-0.2, 0) is 4.79 Å². The number of likely N-dealkylation sites (tertiary alicyclic amines) is 1. The minimum absolute atomic E-state index is 0.0925. The number of H-pyrrole nitrogens is 1. The minimum Gasteiger partial charge on any atom is -0.462 e. The molecule has 1 atom stereocenters. The van der Waals surface area contributed by atoms with E-state index in [0.717, 1.165) is 24.8 Å². The fourth-order valence-corrected chi connectivity index (χ4v) is 5.51. The van der Waals surface area contributed by atoms with Gasteiger partial charge in [0.25, 0.3) is 0 Å². The Morgan fingerprint density at radius 3 is 2.80 bits per heavy atom. The van der Waals surface area contributed by atoms with Gasteiger partial charge in [-0.25, -0.2) is 4.39 Å². The van der Waals surface area contributed by atoms with Crippen LogP contribution >= 0.6 is 11.6 Å². The zero-order chi connectivity index (χ0) is 27.8. The molecule has 0 spiro atoms. The number of amides is 1. The number of likely N-dealkylation sites (N-methyl/N-ethyl adjacent to an activating group) is 1. The predicted molar refractivity (Wildman–Crippen MR) is 151 cm³/mol. The monoisotopic (exact) mass is 565 g/mol. The Morgan fingerprint density at radius 2 is 2.05 bits per heavy atom. The molecule has 1 amide bonds. The van der Waals surface area contributed by atoms with Gasteiger partial charge in [-0.3, -0.25) is 9.89 Å². The van der Waals surface area contributed by atoms with Gasteiger partial charge in [-0.1, -0.05) is 24.2 Å². The lowest BCUT2D eigenvalue weighted by Gasteiger charge is -2.35. The van der Waals surface area contributed by atoms with Crippen molar-refractivity contribution in [2.45, 2.75) is 18.9 Å². The van der Waals surface area contributed by atoms with Crippen LogP contribution in [0, 0.1) is 5.82 Å². The Hall–Kier alpha value is -3.96. The van der Waals surface area contributed by atoms with Crippen LogP contribution in [0.25, 0.3) is 21.8 Å². The SMILES string of the molecule is C=CC(=O)N1CCN(c2nc(OC[C@@H]3CCCN3C)nc3c(Oc4c(Cl)c(F)cc5[nH]ncc45)cccc23)CC1. The molecule has 2 aliphatic heterocycles. The summed E-state index contributed by atoms with van der Waals surface area (Å²) in [5.41, 5.74) is 0.966. The standard InChI is InChI=1S/C28H29ClFN7O3/c1-3-23(38)36-10-12-37(13-11-36)27-18-7-4-8-22(40-26-19-15-31-34-21(19)14-20(30)24(26)29)25(18)32-28(33-27)39-16-17-6-5-9-35(17)2/h3-4,7-8,14-15,17H,1,5-6,9-13,16H2,2H3,(H,31,34)/t17-/m0/s1. The zero-order valence-corrected chi connectivity index (χ0v) is 22.8. The van der Waals surface area contributed by atoms with E-state index in [2.05, 4.69) is 33.6 Å². The van der Waals surface area contributed by atoms with Gasteiger partial charge in [-0.05, 0) is 44.6 Å². The average molecular weight is 566 g/mol. The van der Waals surface area contributed by atoms with Crippen LogP contribution in [0.4, 0.5) is 10.2 Å². The van der Waals surface area contributed by atoms with E-state index in [4.69, 9.17) is 31.0 Å². The molecule has 2 fully saturated rings. The summed E-state index contributed by atoms with van der Waals surface area (Å²) in [4.78, 5) is 27.8. The normalized spacial score (nSPS) is 18.0. The molecule has 0 saturated carbocycles. The topological polar surface area (TPSA) is 99.7 Å². The van der Waals surface area contributed by atoms with Crippen LogP contribution in [0.2, 0.25) is 5.02 Å². The molecule has 12 heteroatoms.